The topological polar surface area (TPSA) is 113 Å². The average molecular weight is 633 g/mol. The Kier molecular flexibility index (Phi) is 8.24. The van der Waals surface area contributed by atoms with E-state index in [-0.39, 0.29) is 29.7 Å². The number of alkyl halides is 3. The van der Waals surface area contributed by atoms with Crippen LogP contribution in [0.4, 0.5) is 35.5 Å². The standard InChI is InChI=1S/C16H17F2NO3.C11H9F2NO.C2HF3O2/c1-15(2,3)22-14(21)19-8-16(7-12(16)13(19)20)9-4-10(17)6-11(18)5-9;12-7-1-6(2-8(13)3-7)11-4-9(11)10(15)14-5-11;3-2(4,5)1(6)7/h4-6,12H,7-8H2,1-3H3;1-3,9H,4-5H2,(H,14,15);(H,6,7)/t12-,16+;9-,11+;/m00./s1. The van der Waals surface area contributed by atoms with Crippen molar-refractivity contribution in [3.8, 4) is 0 Å². The van der Waals surface area contributed by atoms with Crippen molar-refractivity contribution in [3.05, 3.63) is 70.8 Å². The van der Waals surface area contributed by atoms with Crippen molar-refractivity contribution in [3.63, 3.8) is 0 Å². The van der Waals surface area contributed by atoms with Crippen LogP contribution < -0.4 is 5.32 Å². The predicted octanol–water partition coefficient (Wildman–Crippen LogP) is 4.99. The van der Waals surface area contributed by atoms with Gasteiger partial charge < -0.3 is 15.2 Å². The van der Waals surface area contributed by atoms with E-state index in [0.717, 1.165) is 17.0 Å². The molecule has 0 aromatic heterocycles. The van der Waals surface area contributed by atoms with Gasteiger partial charge in [-0.3, -0.25) is 9.59 Å². The monoisotopic (exact) mass is 632 g/mol. The van der Waals surface area contributed by atoms with E-state index in [0.29, 0.717) is 30.5 Å². The number of carboxylic acids is 1. The summed E-state index contributed by atoms with van der Waals surface area (Å²) in [7, 11) is 0. The number of nitrogens with one attached hydrogen (secondary N) is 1. The van der Waals surface area contributed by atoms with Gasteiger partial charge in [0.15, 0.2) is 0 Å². The van der Waals surface area contributed by atoms with E-state index >= 15 is 0 Å². The Hall–Kier alpha value is -4.17. The summed E-state index contributed by atoms with van der Waals surface area (Å²) in [6.07, 6.45) is -4.57. The number of imide groups is 1. The molecule has 2 heterocycles. The molecule has 4 fully saturated rings. The predicted molar refractivity (Wildman–Crippen MR) is 137 cm³/mol. The lowest BCUT2D eigenvalue weighted by atomic mass is 9.95. The number of hydrogen-bond donors (Lipinski definition) is 2. The Morgan fingerprint density at radius 2 is 1.27 bits per heavy atom. The highest BCUT2D eigenvalue weighted by Gasteiger charge is 2.68. The van der Waals surface area contributed by atoms with Crippen LogP contribution in [0.1, 0.15) is 44.7 Å². The molecule has 2 aliphatic carbocycles. The van der Waals surface area contributed by atoms with E-state index in [9.17, 15) is 45.1 Å². The molecule has 2 saturated heterocycles. The number of carbonyl (C=O) groups is 4. The smallest absolute Gasteiger partial charge is 0.475 e. The molecule has 44 heavy (non-hydrogen) atoms. The SMILES string of the molecule is CC(C)(C)OC(=O)N1C[C@@]2(c3cc(F)cc(F)c3)C[C@H]2C1=O.O=C(O)C(F)(F)F.O=C1NC[C@@]2(c3cc(F)cc(F)c3)C[C@@H]12. The zero-order chi connectivity index (χ0) is 33.0. The van der Waals surface area contributed by atoms with Crippen molar-refractivity contribution in [2.24, 2.45) is 11.8 Å². The summed E-state index contributed by atoms with van der Waals surface area (Å²) in [6.45, 7) is 5.74. The van der Waals surface area contributed by atoms with E-state index in [2.05, 4.69) is 5.32 Å². The minimum atomic E-state index is -5.08. The molecule has 2 saturated carbocycles. The van der Waals surface area contributed by atoms with Crippen molar-refractivity contribution < 1.29 is 59.8 Å². The van der Waals surface area contributed by atoms with Gasteiger partial charge in [-0.2, -0.15) is 13.2 Å². The first-order valence-electron chi connectivity index (χ1n) is 13.2. The number of ether oxygens (including phenoxy) is 1. The molecule has 0 spiro atoms. The van der Waals surface area contributed by atoms with E-state index in [1.165, 1.54) is 24.3 Å². The molecular formula is C29H27F7N2O6. The average Bonchev–Trinajstić information content (AvgIpc) is 3.74. The van der Waals surface area contributed by atoms with Crippen LogP contribution >= 0.6 is 0 Å². The van der Waals surface area contributed by atoms with Crippen LogP contribution in [-0.4, -0.2) is 58.8 Å². The largest absolute Gasteiger partial charge is 0.490 e. The number of amides is 3. The van der Waals surface area contributed by atoms with Gasteiger partial charge in [-0.05, 0) is 69.0 Å². The van der Waals surface area contributed by atoms with Gasteiger partial charge in [-0.1, -0.05) is 0 Å². The maximum atomic E-state index is 13.4. The molecule has 4 aliphatic rings. The first-order chi connectivity index (χ1) is 20.2. The minimum absolute atomic E-state index is 0.000306. The molecule has 238 valence electrons. The highest BCUT2D eigenvalue weighted by Crippen LogP contribution is 2.60. The van der Waals surface area contributed by atoms with Crippen molar-refractivity contribution >= 4 is 23.9 Å². The molecule has 0 bridgehead atoms. The Bertz CT molecular complexity index is 1480. The molecule has 6 rings (SSSR count). The summed E-state index contributed by atoms with van der Waals surface area (Å²) in [6, 6.07) is 6.75. The van der Waals surface area contributed by atoms with E-state index in [1.807, 2.05) is 0 Å². The van der Waals surface area contributed by atoms with Gasteiger partial charge in [-0.25, -0.2) is 32.1 Å². The van der Waals surface area contributed by atoms with Crippen LogP contribution in [-0.2, 0) is 30.0 Å². The summed E-state index contributed by atoms with van der Waals surface area (Å²) in [5.74, 6) is -6.10. The number of likely N-dealkylation sites (tertiary alicyclic amines) is 1. The number of hydrogen-bond acceptors (Lipinski definition) is 5. The highest BCUT2D eigenvalue weighted by molar-refractivity contribution is 5.99. The highest BCUT2D eigenvalue weighted by atomic mass is 19.4. The number of fused-ring (bicyclic) bond motifs is 2. The lowest BCUT2D eigenvalue weighted by Crippen LogP contribution is -2.40. The third-order valence-electron chi connectivity index (χ3n) is 7.78. The van der Waals surface area contributed by atoms with Gasteiger partial charge in [-0.15, -0.1) is 0 Å². The fourth-order valence-corrected chi connectivity index (χ4v) is 5.55. The summed E-state index contributed by atoms with van der Waals surface area (Å²) in [5.41, 5.74) is -0.683. The number of carbonyl (C=O) groups excluding carboxylic acids is 3. The Balaban J connectivity index is 0.000000173. The van der Waals surface area contributed by atoms with E-state index < -0.39 is 58.4 Å². The molecule has 0 unspecified atom stereocenters. The van der Waals surface area contributed by atoms with Gasteiger partial charge in [0.05, 0.1) is 11.8 Å². The van der Waals surface area contributed by atoms with Crippen LogP contribution in [0.2, 0.25) is 0 Å². The number of benzene rings is 2. The lowest BCUT2D eigenvalue weighted by molar-refractivity contribution is -0.192. The molecule has 2 aromatic carbocycles. The first kappa shape index (κ1) is 32.7. The van der Waals surface area contributed by atoms with Crippen molar-refractivity contribution in [2.75, 3.05) is 13.1 Å². The van der Waals surface area contributed by atoms with E-state index in [4.69, 9.17) is 14.6 Å². The zero-order valence-electron chi connectivity index (χ0n) is 23.5. The number of nitrogens with zero attached hydrogens (tertiary/aromatic N) is 1. The van der Waals surface area contributed by atoms with Crippen molar-refractivity contribution in [1.29, 1.82) is 0 Å². The lowest BCUT2D eigenvalue weighted by Gasteiger charge is -2.25. The molecule has 3 amide bonds. The molecule has 2 aromatic rings. The summed E-state index contributed by atoms with van der Waals surface area (Å²) in [4.78, 5) is 45.5. The van der Waals surface area contributed by atoms with Gasteiger partial charge >= 0.3 is 18.2 Å². The van der Waals surface area contributed by atoms with Crippen LogP contribution in [0.25, 0.3) is 0 Å². The second-order valence-corrected chi connectivity index (χ2v) is 12.1. The minimum Gasteiger partial charge on any atom is -0.475 e. The fraction of sp³-hybridized carbons (Fsp3) is 0.448. The van der Waals surface area contributed by atoms with Crippen molar-refractivity contribution in [2.45, 2.75) is 56.2 Å². The fourth-order valence-electron chi connectivity index (χ4n) is 5.55. The van der Waals surface area contributed by atoms with Gasteiger partial charge in [0.1, 0.15) is 28.9 Å². The van der Waals surface area contributed by atoms with Crippen molar-refractivity contribution in [1.82, 2.24) is 10.2 Å². The Labute approximate surface area is 246 Å². The maximum absolute atomic E-state index is 13.4. The van der Waals surface area contributed by atoms with Crippen LogP contribution in [0.3, 0.4) is 0 Å². The maximum Gasteiger partial charge on any atom is 0.490 e. The molecule has 15 heteroatoms. The molecule has 2 aliphatic heterocycles. The Morgan fingerprint density at radius 3 is 1.64 bits per heavy atom. The molecule has 8 nitrogen and oxygen atoms in total. The van der Waals surface area contributed by atoms with Crippen LogP contribution in [0.5, 0.6) is 0 Å². The third kappa shape index (κ3) is 6.65. The third-order valence-corrected chi connectivity index (χ3v) is 7.78. The molecule has 4 atom stereocenters. The van der Waals surface area contributed by atoms with Crippen LogP contribution in [0, 0.1) is 35.1 Å². The summed E-state index contributed by atoms with van der Waals surface area (Å²) >= 11 is 0. The summed E-state index contributed by atoms with van der Waals surface area (Å²) < 4.78 is 89.8. The number of carboxylic acid groups (broad SMARTS) is 1. The Morgan fingerprint density at radius 1 is 0.841 bits per heavy atom. The first-order valence-corrected chi connectivity index (χ1v) is 13.2. The molecule has 0 radical (unpaired) electrons. The van der Waals surface area contributed by atoms with E-state index in [1.54, 1.807) is 20.8 Å². The van der Waals surface area contributed by atoms with Gasteiger partial charge in [0.2, 0.25) is 11.8 Å². The second-order valence-electron chi connectivity index (χ2n) is 12.1. The number of aliphatic carboxylic acids is 1. The number of rotatable bonds is 2. The number of halogens is 7. The molecular weight excluding hydrogens is 605 g/mol. The second kappa shape index (κ2) is 11.1. The van der Waals surface area contributed by atoms with Crippen LogP contribution in [0.15, 0.2) is 36.4 Å². The normalized spacial score (nSPS) is 26.3. The zero-order valence-corrected chi connectivity index (χ0v) is 23.5. The summed E-state index contributed by atoms with van der Waals surface area (Å²) in [5, 5.41) is 9.84. The quantitative estimate of drug-likeness (QED) is 0.452. The molecule has 2 N–H and O–H groups in total. The number of piperidine rings is 2. The van der Waals surface area contributed by atoms with Gasteiger partial charge in [0, 0.05) is 36.1 Å². The van der Waals surface area contributed by atoms with Gasteiger partial charge in [0.25, 0.3) is 0 Å².